The second-order valence-corrected chi connectivity index (χ2v) is 6.75. The highest BCUT2D eigenvalue weighted by Gasteiger charge is 2.30. The smallest absolute Gasteiger partial charge is 0.228 e. The summed E-state index contributed by atoms with van der Waals surface area (Å²) in [4.78, 5) is 13.4. The minimum absolute atomic E-state index is 0. The van der Waals surface area contributed by atoms with Gasteiger partial charge in [-0.2, -0.15) is 0 Å². The fourth-order valence-corrected chi connectivity index (χ4v) is 2.76. The Morgan fingerprint density at radius 3 is 2.35 bits per heavy atom. The first kappa shape index (κ1) is 16.7. The predicted octanol–water partition coefficient (Wildman–Crippen LogP) is -0.0908. The Balaban J connectivity index is 0.00000256. The first-order valence-electron chi connectivity index (χ1n) is 5.55. The normalized spacial score (nSPS) is 17.8. The van der Waals surface area contributed by atoms with Crippen LogP contribution in [0.3, 0.4) is 0 Å². The van der Waals surface area contributed by atoms with Crippen molar-refractivity contribution in [2.24, 2.45) is 5.92 Å². The van der Waals surface area contributed by atoms with Crippen LogP contribution in [0, 0.1) is 5.92 Å². The average molecular weight is 285 g/mol. The first-order chi connectivity index (χ1) is 7.37. The summed E-state index contributed by atoms with van der Waals surface area (Å²) in [5, 5.41) is 3.03. The van der Waals surface area contributed by atoms with Crippen molar-refractivity contribution in [1.29, 1.82) is 0 Å². The van der Waals surface area contributed by atoms with Gasteiger partial charge in [0, 0.05) is 31.9 Å². The van der Waals surface area contributed by atoms with Gasteiger partial charge in [-0.3, -0.25) is 4.79 Å². The van der Waals surface area contributed by atoms with Crippen molar-refractivity contribution in [2.45, 2.75) is 19.9 Å². The summed E-state index contributed by atoms with van der Waals surface area (Å²) in [7, 11) is -1.34. The van der Waals surface area contributed by atoms with Crippen molar-refractivity contribution < 1.29 is 13.2 Å². The molecule has 1 aliphatic rings. The highest BCUT2D eigenvalue weighted by molar-refractivity contribution is 7.91. The van der Waals surface area contributed by atoms with Crippen LogP contribution in [-0.2, 0) is 14.6 Å². The van der Waals surface area contributed by atoms with Gasteiger partial charge in [-0.15, -0.1) is 12.4 Å². The van der Waals surface area contributed by atoms with Crippen molar-refractivity contribution in [3.63, 3.8) is 0 Å². The Morgan fingerprint density at radius 2 is 2.00 bits per heavy atom. The van der Waals surface area contributed by atoms with Crippen LogP contribution >= 0.6 is 12.4 Å². The van der Waals surface area contributed by atoms with Gasteiger partial charge in [0.15, 0.2) is 9.84 Å². The molecule has 1 unspecified atom stereocenters. The van der Waals surface area contributed by atoms with Crippen LogP contribution in [0.15, 0.2) is 0 Å². The molecule has 17 heavy (non-hydrogen) atoms. The highest BCUT2D eigenvalue weighted by atomic mass is 35.5. The van der Waals surface area contributed by atoms with Crippen molar-refractivity contribution in [3.05, 3.63) is 0 Å². The standard InChI is InChI=1S/C10H20N2O3S.ClH/c1-4-16(14,15)7-8(2)12(3)10(13)9-5-11-6-9;/h8-9,11H,4-7H2,1-3H3;1H. The summed E-state index contributed by atoms with van der Waals surface area (Å²) < 4.78 is 22.9. The van der Waals surface area contributed by atoms with E-state index in [1.807, 2.05) is 0 Å². The molecule has 0 aromatic rings. The molecule has 0 bridgehead atoms. The fourth-order valence-electron chi connectivity index (χ4n) is 1.57. The van der Waals surface area contributed by atoms with Crippen LogP contribution in [0.2, 0.25) is 0 Å². The van der Waals surface area contributed by atoms with E-state index in [2.05, 4.69) is 5.32 Å². The van der Waals surface area contributed by atoms with E-state index >= 15 is 0 Å². The molecular weight excluding hydrogens is 264 g/mol. The maximum absolute atomic E-state index is 11.8. The van der Waals surface area contributed by atoms with E-state index < -0.39 is 9.84 Å². The summed E-state index contributed by atoms with van der Waals surface area (Å²) in [5.41, 5.74) is 0. The predicted molar refractivity (Wildman–Crippen MR) is 70.2 cm³/mol. The van der Waals surface area contributed by atoms with Crippen molar-refractivity contribution in [2.75, 3.05) is 31.6 Å². The van der Waals surface area contributed by atoms with Gasteiger partial charge in [-0.1, -0.05) is 6.92 Å². The van der Waals surface area contributed by atoms with Crippen LogP contribution in [0.5, 0.6) is 0 Å². The van der Waals surface area contributed by atoms with E-state index in [0.29, 0.717) is 13.1 Å². The molecule has 7 heteroatoms. The topological polar surface area (TPSA) is 66.5 Å². The number of nitrogens with one attached hydrogen (secondary N) is 1. The van der Waals surface area contributed by atoms with Crippen LogP contribution in [-0.4, -0.2) is 56.9 Å². The lowest BCUT2D eigenvalue weighted by Gasteiger charge is -2.33. The van der Waals surface area contributed by atoms with Crippen LogP contribution in [0.1, 0.15) is 13.8 Å². The number of nitrogens with zero attached hydrogens (tertiary/aromatic N) is 1. The molecule has 1 amide bonds. The van der Waals surface area contributed by atoms with Gasteiger partial charge in [0.25, 0.3) is 0 Å². The Hall–Kier alpha value is -0.330. The highest BCUT2D eigenvalue weighted by Crippen LogP contribution is 2.10. The van der Waals surface area contributed by atoms with Gasteiger partial charge < -0.3 is 10.2 Å². The second-order valence-electron chi connectivity index (χ2n) is 4.35. The zero-order chi connectivity index (χ0) is 12.3. The number of amides is 1. The number of carbonyl (C=O) groups excluding carboxylic acids is 1. The number of halogens is 1. The van der Waals surface area contributed by atoms with E-state index in [1.165, 1.54) is 0 Å². The minimum Gasteiger partial charge on any atom is -0.342 e. The van der Waals surface area contributed by atoms with Crippen molar-refractivity contribution >= 4 is 28.2 Å². The molecule has 5 nitrogen and oxygen atoms in total. The largest absolute Gasteiger partial charge is 0.342 e. The van der Waals surface area contributed by atoms with Gasteiger partial charge in [0.1, 0.15) is 0 Å². The maximum atomic E-state index is 11.8. The number of rotatable bonds is 5. The van der Waals surface area contributed by atoms with Gasteiger partial charge in [-0.05, 0) is 6.92 Å². The summed E-state index contributed by atoms with van der Waals surface area (Å²) in [6, 6.07) is -0.252. The molecule has 1 aliphatic heterocycles. The second kappa shape index (κ2) is 6.56. The lowest BCUT2D eigenvalue weighted by Crippen LogP contribution is -2.53. The van der Waals surface area contributed by atoms with E-state index in [1.54, 1.807) is 25.8 Å². The molecule has 0 saturated carbocycles. The van der Waals surface area contributed by atoms with Gasteiger partial charge in [0.2, 0.25) is 5.91 Å². The maximum Gasteiger partial charge on any atom is 0.228 e. The quantitative estimate of drug-likeness (QED) is 0.766. The molecule has 1 heterocycles. The molecule has 0 aliphatic carbocycles. The summed E-state index contributed by atoms with van der Waals surface area (Å²) >= 11 is 0. The molecule has 1 N–H and O–H groups in total. The van der Waals surface area contributed by atoms with E-state index in [0.717, 1.165) is 0 Å². The molecular formula is C10H21ClN2O3S. The summed E-state index contributed by atoms with van der Waals surface area (Å²) in [6.45, 7) is 4.81. The number of hydrogen-bond donors (Lipinski definition) is 1. The Labute approximate surface area is 109 Å². The minimum atomic E-state index is -3.02. The van der Waals surface area contributed by atoms with Gasteiger partial charge in [0.05, 0.1) is 11.7 Å². The van der Waals surface area contributed by atoms with Crippen LogP contribution in [0.25, 0.3) is 0 Å². The zero-order valence-corrected chi connectivity index (χ0v) is 12.1. The number of carbonyl (C=O) groups is 1. The van der Waals surface area contributed by atoms with Crippen molar-refractivity contribution in [1.82, 2.24) is 10.2 Å². The zero-order valence-electron chi connectivity index (χ0n) is 10.5. The van der Waals surface area contributed by atoms with Crippen molar-refractivity contribution in [3.8, 4) is 0 Å². The lowest BCUT2D eigenvalue weighted by molar-refractivity contribution is -0.137. The molecule has 0 spiro atoms. The number of hydrogen-bond acceptors (Lipinski definition) is 4. The van der Waals surface area contributed by atoms with Crippen LogP contribution < -0.4 is 5.32 Å². The third-order valence-electron chi connectivity index (χ3n) is 3.07. The Morgan fingerprint density at radius 1 is 1.47 bits per heavy atom. The van der Waals surface area contributed by atoms with E-state index in [9.17, 15) is 13.2 Å². The van der Waals surface area contributed by atoms with Gasteiger partial charge in [-0.25, -0.2) is 8.42 Å². The van der Waals surface area contributed by atoms with Crippen LogP contribution in [0.4, 0.5) is 0 Å². The molecule has 1 atom stereocenters. The molecule has 1 rings (SSSR count). The Bertz CT molecular complexity index is 355. The molecule has 0 aromatic carbocycles. The van der Waals surface area contributed by atoms with Gasteiger partial charge >= 0.3 is 0 Å². The third kappa shape index (κ3) is 4.44. The Kier molecular flexibility index (Phi) is 6.43. The monoisotopic (exact) mass is 284 g/mol. The fraction of sp³-hybridized carbons (Fsp3) is 0.900. The summed E-state index contributed by atoms with van der Waals surface area (Å²) in [5.74, 6) is 0.241. The molecule has 102 valence electrons. The lowest BCUT2D eigenvalue weighted by atomic mass is 10.0. The molecule has 1 saturated heterocycles. The summed E-state index contributed by atoms with van der Waals surface area (Å²) in [6.07, 6.45) is 0. The van der Waals surface area contributed by atoms with E-state index in [4.69, 9.17) is 0 Å². The third-order valence-corrected chi connectivity index (χ3v) is 4.94. The molecule has 0 aromatic heterocycles. The first-order valence-corrected chi connectivity index (χ1v) is 7.37. The number of sulfone groups is 1. The molecule has 0 radical (unpaired) electrons. The van der Waals surface area contributed by atoms with E-state index in [-0.39, 0.29) is 41.8 Å². The SMILES string of the molecule is CCS(=O)(=O)CC(C)N(C)C(=O)C1CNC1.Cl. The average Bonchev–Trinajstić information content (AvgIpc) is 2.13. The molecule has 1 fully saturated rings.